The van der Waals surface area contributed by atoms with Gasteiger partial charge in [-0.15, -0.1) is 0 Å². The number of carbonyl (C=O) groups is 1. The molecule has 2 aromatic rings. The van der Waals surface area contributed by atoms with Gasteiger partial charge in [-0.3, -0.25) is 4.79 Å². The standard InChI is InChI=1S/C23H30N2O/c1-23(2)12-9-21(10-13-23)25-14-11-17-5-3-6-18(15-17)19-7-4-8-20(16-19)22(24)26/h3-8,15-16,21,25H,9-14H2,1-2H3,(H2,24,26). The van der Waals surface area contributed by atoms with Crippen molar-refractivity contribution in [2.45, 2.75) is 52.0 Å². The lowest BCUT2D eigenvalue weighted by molar-refractivity contribution is 0.100. The zero-order valence-electron chi connectivity index (χ0n) is 15.9. The quantitative estimate of drug-likeness (QED) is 0.803. The molecule has 0 heterocycles. The van der Waals surface area contributed by atoms with Crippen molar-refractivity contribution in [3.05, 3.63) is 59.7 Å². The Kier molecular flexibility index (Phi) is 5.77. The second-order valence-electron chi connectivity index (χ2n) is 8.29. The largest absolute Gasteiger partial charge is 0.366 e. The second-order valence-corrected chi connectivity index (χ2v) is 8.29. The molecule has 2 aromatic carbocycles. The van der Waals surface area contributed by atoms with E-state index >= 15 is 0 Å². The van der Waals surface area contributed by atoms with E-state index in [-0.39, 0.29) is 5.91 Å². The molecule has 0 saturated heterocycles. The van der Waals surface area contributed by atoms with Gasteiger partial charge < -0.3 is 11.1 Å². The van der Waals surface area contributed by atoms with Crippen LogP contribution in [0.15, 0.2) is 48.5 Å². The monoisotopic (exact) mass is 350 g/mol. The van der Waals surface area contributed by atoms with Gasteiger partial charge in [0.15, 0.2) is 0 Å². The third-order valence-corrected chi connectivity index (χ3v) is 5.59. The summed E-state index contributed by atoms with van der Waals surface area (Å²) in [5, 5.41) is 3.73. The maximum absolute atomic E-state index is 11.4. The van der Waals surface area contributed by atoms with E-state index in [0.717, 1.165) is 24.1 Å². The lowest BCUT2D eigenvalue weighted by atomic mass is 9.75. The summed E-state index contributed by atoms with van der Waals surface area (Å²) in [6, 6.07) is 16.7. The minimum Gasteiger partial charge on any atom is -0.366 e. The Morgan fingerprint density at radius 2 is 1.73 bits per heavy atom. The van der Waals surface area contributed by atoms with E-state index < -0.39 is 0 Å². The Morgan fingerprint density at radius 1 is 1.08 bits per heavy atom. The van der Waals surface area contributed by atoms with Crippen molar-refractivity contribution >= 4 is 5.91 Å². The van der Waals surface area contributed by atoms with E-state index in [0.29, 0.717) is 17.0 Å². The molecular formula is C23H30N2O. The Labute approximate surface area is 157 Å². The van der Waals surface area contributed by atoms with E-state index in [2.05, 4.69) is 43.4 Å². The Morgan fingerprint density at radius 3 is 2.42 bits per heavy atom. The van der Waals surface area contributed by atoms with Gasteiger partial charge in [0.1, 0.15) is 0 Å². The summed E-state index contributed by atoms with van der Waals surface area (Å²) < 4.78 is 0. The number of nitrogens with two attached hydrogens (primary N) is 1. The van der Waals surface area contributed by atoms with Crippen molar-refractivity contribution in [2.75, 3.05) is 6.54 Å². The maximum atomic E-state index is 11.4. The molecule has 0 bridgehead atoms. The Bertz CT molecular complexity index is 756. The molecule has 3 nitrogen and oxygen atoms in total. The Balaban J connectivity index is 1.58. The van der Waals surface area contributed by atoms with E-state index in [1.54, 1.807) is 6.07 Å². The van der Waals surface area contributed by atoms with Gasteiger partial charge in [0.05, 0.1) is 0 Å². The van der Waals surface area contributed by atoms with E-state index in [1.165, 1.54) is 31.2 Å². The number of rotatable bonds is 6. The smallest absolute Gasteiger partial charge is 0.248 e. The van der Waals surface area contributed by atoms with E-state index in [1.807, 2.05) is 18.2 Å². The molecular weight excluding hydrogens is 320 g/mol. The van der Waals surface area contributed by atoms with Crippen LogP contribution >= 0.6 is 0 Å². The predicted molar refractivity (Wildman–Crippen MR) is 108 cm³/mol. The average molecular weight is 351 g/mol. The van der Waals surface area contributed by atoms with Gasteiger partial charge >= 0.3 is 0 Å². The fourth-order valence-corrected chi connectivity index (χ4v) is 3.78. The lowest BCUT2D eigenvalue weighted by Crippen LogP contribution is -2.36. The summed E-state index contributed by atoms with van der Waals surface area (Å²) in [7, 11) is 0. The molecule has 0 aliphatic heterocycles. The van der Waals surface area contributed by atoms with Gasteiger partial charge in [-0.25, -0.2) is 0 Å². The molecule has 1 fully saturated rings. The number of carbonyl (C=O) groups excluding carboxylic acids is 1. The highest BCUT2D eigenvalue weighted by Gasteiger charge is 2.26. The molecule has 0 spiro atoms. The molecule has 3 rings (SSSR count). The molecule has 0 aromatic heterocycles. The van der Waals surface area contributed by atoms with E-state index in [9.17, 15) is 4.79 Å². The molecule has 3 heteroatoms. The van der Waals surface area contributed by atoms with Gasteiger partial charge in [-0.1, -0.05) is 50.2 Å². The fourth-order valence-electron chi connectivity index (χ4n) is 3.78. The van der Waals surface area contributed by atoms with E-state index in [4.69, 9.17) is 5.73 Å². The number of benzene rings is 2. The van der Waals surface area contributed by atoms with Gasteiger partial charge in [0.25, 0.3) is 0 Å². The van der Waals surface area contributed by atoms with Crippen molar-refractivity contribution in [1.29, 1.82) is 0 Å². The van der Waals surface area contributed by atoms with Crippen LogP contribution in [0.5, 0.6) is 0 Å². The summed E-state index contributed by atoms with van der Waals surface area (Å²) in [5.41, 5.74) is 9.95. The average Bonchev–Trinajstić information content (AvgIpc) is 2.63. The zero-order chi connectivity index (χ0) is 18.6. The van der Waals surface area contributed by atoms with Crippen LogP contribution in [0.2, 0.25) is 0 Å². The number of nitrogens with one attached hydrogen (secondary N) is 1. The van der Waals surface area contributed by atoms with Crippen molar-refractivity contribution in [2.24, 2.45) is 11.1 Å². The number of hydrogen-bond donors (Lipinski definition) is 2. The van der Waals surface area contributed by atoms with Crippen LogP contribution < -0.4 is 11.1 Å². The first-order chi connectivity index (χ1) is 12.4. The highest BCUT2D eigenvalue weighted by atomic mass is 16.1. The van der Waals surface area contributed by atoms with Gasteiger partial charge in [0, 0.05) is 11.6 Å². The van der Waals surface area contributed by atoms with Crippen LogP contribution in [0.4, 0.5) is 0 Å². The lowest BCUT2D eigenvalue weighted by Gasteiger charge is -2.34. The van der Waals surface area contributed by atoms with Crippen LogP contribution in [-0.2, 0) is 6.42 Å². The summed E-state index contributed by atoms with van der Waals surface area (Å²) in [6.07, 6.45) is 6.22. The minimum absolute atomic E-state index is 0.386. The molecule has 1 amide bonds. The van der Waals surface area contributed by atoms with Crippen LogP contribution in [0.3, 0.4) is 0 Å². The predicted octanol–water partition coefficient (Wildman–Crippen LogP) is 4.55. The molecule has 0 atom stereocenters. The first-order valence-corrected chi connectivity index (χ1v) is 9.65. The first-order valence-electron chi connectivity index (χ1n) is 9.65. The number of hydrogen-bond acceptors (Lipinski definition) is 2. The van der Waals surface area contributed by atoms with Crippen LogP contribution in [0.25, 0.3) is 11.1 Å². The third kappa shape index (κ3) is 4.95. The molecule has 0 radical (unpaired) electrons. The fraction of sp³-hybridized carbons (Fsp3) is 0.435. The molecule has 1 aliphatic rings. The van der Waals surface area contributed by atoms with Crippen LogP contribution in [-0.4, -0.2) is 18.5 Å². The van der Waals surface area contributed by atoms with Gasteiger partial charge in [-0.05, 0) is 72.9 Å². The van der Waals surface area contributed by atoms with Crippen molar-refractivity contribution in [1.82, 2.24) is 5.32 Å². The highest BCUT2D eigenvalue weighted by molar-refractivity contribution is 5.94. The van der Waals surface area contributed by atoms with Crippen LogP contribution in [0.1, 0.15) is 55.5 Å². The zero-order valence-corrected chi connectivity index (χ0v) is 15.9. The molecule has 138 valence electrons. The summed E-state index contributed by atoms with van der Waals surface area (Å²) in [4.78, 5) is 11.4. The van der Waals surface area contributed by atoms with Crippen molar-refractivity contribution < 1.29 is 4.79 Å². The van der Waals surface area contributed by atoms with Crippen molar-refractivity contribution in [3.8, 4) is 11.1 Å². The second kappa shape index (κ2) is 8.05. The first kappa shape index (κ1) is 18.7. The highest BCUT2D eigenvalue weighted by Crippen LogP contribution is 2.34. The normalized spacial score (nSPS) is 17.2. The molecule has 26 heavy (non-hydrogen) atoms. The number of amides is 1. The summed E-state index contributed by atoms with van der Waals surface area (Å²) in [5.74, 6) is -0.386. The Hall–Kier alpha value is -2.13. The molecule has 1 saturated carbocycles. The minimum atomic E-state index is -0.386. The maximum Gasteiger partial charge on any atom is 0.248 e. The SMILES string of the molecule is CC1(C)CCC(NCCc2cccc(-c3cccc(C(N)=O)c3)c2)CC1. The molecule has 3 N–H and O–H groups in total. The summed E-state index contributed by atoms with van der Waals surface area (Å²) >= 11 is 0. The third-order valence-electron chi connectivity index (χ3n) is 5.59. The van der Waals surface area contributed by atoms with Crippen molar-refractivity contribution in [3.63, 3.8) is 0 Å². The summed E-state index contributed by atoms with van der Waals surface area (Å²) in [6.45, 7) is 5.76. The van der Waals surface area contributed by atoms with Gasteiger partial charge in [-0.2, -0.15) is 0 Å². The van der Waals surface area contributed by atoms with Crippen LogP contribution in [0, 0.1) is 5.41 Å². The topological polar surface area (TPSA) is 55.1 Å². The van der Waals surface area contributed by atoms with Gasteiger partial charge in [0.2, 0.25) is 5.91 Å². The molecule has 1 aliphatic carbocycles. The molecule has 0 unspecified atom stereocenters. The number of primary amides is 1.